The van der Waals surface area contributed by atoms with E-state index in [0.717, 1.165) is 35.1 Å². The van der Waals surface area contributed by atoms with Crippen molar-refractivity contribution in [3.63, 3.8) is 0 Å². The molecule has 0 aliphatic heterocycles. The van der Waals surface area contributed by atoms with Gasteiger partial charge in [-0.3, -0.25) is 0 Å². The molecule has 4 heterocycles. The Kier molecular flexibility index (Phi) is 4.01. The van der Waals surface area contributed by atoms with Crippen LogP contribution in [0, 0.1) is 0 Å². The van der Waals surface area contributed by atoms with E-state index >= 15 is 0 Å². The fourth-order valence-corrected chi connectivity index (χ4v) is 4.00. The summed E-state index contributed by atoms with van der Waals surface area (Å²) in [6.07, 6.45) is 14.4. The van der Waals surface area contributed by atoms with Crippen LogP contribution in [0.4, 0.5) is 5.95 Å². The first kappa shape index (κ1) is 16.3. The number of hydrogen-bond acceptors (Lipinski definition) is 5. The minimum absolute atomic E-state index is 0.450. The molecule has 1 aliphatic rings. The zero-order valence-electron chi connectivity index (χ0n) is 15.3. The highest BCUT2D eigenvalue weighted by Crippen LogP contribution is 2.26. The fourth-order valence-electron chi connectivity index (χ4n) is 4.00. The van der Waals surface area contributed by atoms with E-state index in [0.29, 0.717) is 18.0 Å². The molecule has 1 saturated carbocycles. The maximum Gasteiger partial charge on any atom is 0.241 e. The Bertz CT molecular complexity index is 1070. The topological polar surface area (TPSA) is 71.5 Å². The summed E-state index contributed by atoms with van der Waals surface area (Å²) in [4.78, 5) is 8.87. The summed E-state index contributed by atoms with van der Waals surface area (Å²) in [7, 11) is 2.05. The molecule has 0 aromatic carbocycles. The fraction of sp³-hybridized carbons (Fsp3) is 0.350. The number of anilines is 1. The second-order valence-electron chi connectivity index (χ2n) is 7.23. The van der Waals surface area contributed by atoms with Crippen LogP contribution in [0.5, 0.6) is 0 Å². The maximum absolute atomic E-state index is 4.67. The van der Waals surface area contributed by atoms with Crippen LogP contribution in [0.2, 0.25) is 0 Å². The molecule has 2 N–H and O–H groups in total. The largest absolute Gasteiger partial charge is 0.350 e. The third kappa shape index (κ3) is 3.04. The van der Waals surface area contributed by atoms with Gasteiger partial charge in [0.15, 0.2) is 0 Å². The smallest absolute Gasteiger partial charge is 0.241 e. The second-order valence-corrected chi connectivity index (χ2v) is 7.23. The van der Waals surface area contributed by atoms with E-state index < -0.39 is 0 Å². The third-order valence-corrected chi connectivity index (χ3v) is 5.59. The van der Waals surface area contributed by atoms with Crippen LogP contribution in [0.25, 0.3) is 22.3 Å². The van der Waals surface area contributed by atoms with E-state index in [1.807, 2.05) is 46.8 Å². The van der Waals surface area contributed by atoms with Gasteiger partial charge in [-0.2, -0.15) is 0 Å². The zero-order valence-corrected chi connectivity index (χ0v) is 15.3. The van der Waals surface area contributed by atoms with E-state index in [-0.39, 0.29) is 0 Å². The lowest BCUT2D eigenvalue weighted by molar-refractivity contribution is 0.370. The molecule has 0 bridgehead atoms. The van der Waals surface area contributed by atoms with E-state index in [1.54, 1.807) is 0 Å². The molecule has 0 amide bonds. The van der Waals surface area contributed by atoms with Gasteiger partial charge < -0.3 is 15.0 Å². The lowest BCUT2D eigenvalue weighted by Gasteiger charge is -2.28. The number of aromatic nitrogens is 5. The molecule has 138 valence electrons. The lowest BCUT2D eigenvalue weighted by Crippen LogP contribution is -2.35. The van der Waals surface area contributed by atoms with Gasteiger partial charge in [0.1, 0.15) is 5.65 Å². The van der Waals surface area contributed by atoms with Crippen molar-refractivity contribution in [3.8, 4) is 11.1 Å². The van der Waals surface area contributed by atoms with Crippen LogP contribution in [0.15, 0.2) is 49.2 Å². The summed E-state index contributed by atoms with van der Waals surface area (Å²) < 4.78 is 3.93. The van der Waals surface area contributed by atoms with E-state index in [9.17, 15) is 0 Å². The number of nitrogens with zero attached hydrogens (tertiary/aromatic N) is 5. The SMILES string of the molecule is CN[C@H]1CC[C@@H](Nc2ncc3c(-c4ccc5nccn5c4)ccn3n2)CC1. The first-order chi connectivity index (χ1) is 13.3. The Labute approximate surface area is 157 Å². The Morgan fingerprint density at radius 3 is 2.70 bits per heavy atom. The van der Waals surface area contributed by atoms with Gasteiger partial charge in [-0.25, -0.2) is 14.5 Å². The molecular formula is C20H23N7. The molecule has 4 aromatic heterocycles. The molecule has 0 saturated heterocycles. The molecule has 0 radical (unpaired) electrons. The molecule has 0 spiro atoms. The number of hydrogen-bond donors (Lipinski definition) is 2. The van der Waals surface area contributed by atoms with Crippen molar-refractivity contribution >= 4 is 17.1 Å². The minimum Gasteiger partial charge on any atom is -0.350 e. The Morgan fingerprint density at radius 1 is 1.00 bits per heavy atom. The predicted octanol–water partition coefficient (Wildman–Crippen LogP) is 2.99. The average Bonchev–Trinajstić information content (AvgIpc) is 3.34. The van der Waals surface area contributed by atoms with E-state index in [4.69, 9.17) is 0 Å². The molecular weight excluding hydrogens is 338 g/mol. The summed E-state index contributed by atoms with van der Waals surface area (Å²) in [6, 6.07) is 7.29. The van der Waals surface area contributed by atoms with Crippen molar-refractivity contribution in [2.24, 2.45) is 0 Å². The number of imidazole rings is 1. The predicted molar refractivity (Wildman–Crippen MR) is 106 cm³/mol. The first-order valence-electron chi connectivity index (χ1n) is 9.51. The van der Waals surface area contributed by atoms with E-state index in [2.05, 4.69) is 44.0 Å². The highest BCUT2D eigenvalue weighted by molar-refractivity contribution is 5.80. The zero-order chi connectivity index (χ0) is 18.2. The number of nitrogens with one attached hydrogen (secondary N) is 2. The van der Waals surface area contributed by atoms with Gasteiger partial charge in [0.2, 0.25) is 5.95 Å². The molecule has 5 rings (SSSR count). The number of fused-ring (bicyclic) bond motifs is 2. The van der Waals surface area contributed by atoms with Crippen molar-refractivity contribution in [2.45, 2.75) is 37.8 Å². The first-order valence-corrected chi connectivity index (χ1v) is 9.51. The molecule has 7 heteroatoms. The second kappa shape index (κ2) is 6.66. The summed E-state index contributed by atoms with van der Waals surface area (Å²) in [5.41, 5.74) is 4.18. The minimum atomic E-state index is 0.450. The van der Waals surface area contributed by atoms with Crippen LogP contribution in [-0.4, -0.2) is 43.1 Å². The molecule has 0 atom stereocenters. The number of rotatable bonds is 4. The average molecular weight is 361 g/mol. The molecule has 7 nitrogen and oxygen atoms in total. The van der Waals surface area contributed by atoms with Crippen LogP contribution in [-0.2, 0) is 0 Å². The maximum atomic E-state index is 4.67. The van der Waals surface area contributed by atoms with Crippen molar-refractivity contribution in [2.75, 3.05) is 12.4 Å². The molecule has 1 fully saturated rings. The number of pyridine rings is 1. The Balaban J connectivity index is 1.39. The monoisotopic (exact) mass is 361 g/mol. The van der Waals surface area contributed by atoms with Gasteiger partial charge in [0.25, 0.3) is 0 Å². The van der Waals surface area contributed by atoms with Gasteiger partial charge >= 0.3 is 0 Å². The van der Waals surface area contributed by atoms with Crippen LogP contribution >= 0.6 is 0 Å². The van der Waals surface area contributed by atoms with Crippen LogP contribution in [0.3, 0.4) is 0 Å². The quantitative estimate of drug-likeness (QED) is 0.585. The molecule has 1 aliphatic carbocycles. The van der Waals surface area contributed by atoms with Crippen molar-refractivity contribution in [1.82, 2.24) is 29.3 Å². The standard InChI is InChI=1S/C20H23N7/c1-21-15-3-5-16(6-4-15)24-20-23-12-18-17(8-10-27(18)25-20)14-2-7-19-22-9-11-26(19)13-14/h2,7-13,15-16,21H,3-6H2,1H3,(H,24,25)/t15-,16+. The lowest BCUT2D eigenvalue weighted by atomic mass is 9.91. The van der Waals surface area contributed by atoms with Gasteiger partial charge in [-0.05, 0) is 50.9 Å². The van der Waals surface area contributed by atoms with Crippen LogP contribution < -0.4 is 10.6 Å². The van der Waals surface area contributed by atoms with Gasteiger partial charge in [-0.15, -0.1) is 5.10 Å². The van der Waals surface area contributed by atoms with Gasteiger partial charge in [0.05, 0.1) is 11.7 Å². The van der Waals surface area contributed by atoms with Crippen molar-refractivity contribution in [1.29, 1.82) is 0 Å². The summed E-state index contributed by atoms with van der Waals surface area (Å²) in [6.45, 7) is 0. The van der Waals surface area contributed by atoms with E-state index in [1.165, 1.54) is 12.8 Å². The Hall–Kier alpha value is -2.93. The van der Waals surface area contributed by atoms with Crippen molar-refractivity contribution in [3.05, 3.63) is 49.2 Å². The van der Waals surface area contributed by atoms with Gasteiger partial charge in [0, 0.05) is 48.0 Å². The highest BCUT2D eigenvalue weighted by Gasteiger charge is 2.20. The van der Waals surface area contributed by atoms with Crippen molar-refractivity contribution < 1.29 is 0 Å². The third-order valence-electron chi connectivity index (χ3n) is 5.59. The molecule has 4 aromatic rings. The molecule has 0 unspecified atom stereocenters. The highest BCUT2D eigenvalue weighted by atomic mass is 15.3. The summed E-state index contributed by atoms with van der Waals surface area (Å²) in [5.74, 6) is 0.697. The Morgan fingerprint density at radius 2 is 1.85 bits per heavy atom. The normalized spacial score (nSPS) is 20.3. The molecule has 27 heavy (non-hydrogen) atoms. The van der Waals surface area contributed by atoms with Gasteiger partial charge in [-0.1, -0.05) is 0 Å². The summed E-state index contributed by atoms with van der Waals surface area (Å²) >= 11 is 0. The van der Waals surface area contributed by atoms with Crippen LogP contribution in [0.1, 0.15) is 25.7 Å². The summed E-state index contributed by atoms with van der Waals surface area (Å²) in [5, 5.41) is 11.5.